The Bertz CT molecular complexity index is 829. The summed E-state index contributed by atoms with van der Waals surface area (Å²) in [4.78, 5) is 17.6. The molecule has 31 heavy (non-hydrogen) atoms. The summed E-state index contributed by atoms with van der Waals surface area (Å²) in [6, 6.07) is 9.19. The number of carbonyl (C=O) groups is 1. The molecule has 2 aliphatic carbocycles. The van der Waals surface area contributed by atoms with Crippen molar-refractivity contribution in [1.82, 2.24) is 9.80 Å². The zero-order valence-corrected chi connectivity index (χ0v) is 18.6. The average Bonchev–Trinajstić information content (AvgIpc) is 3.24. The maximum Gasteiger partial charge on any atom is 0.225 e. The summed E-state index contributed by atoms with van der Waals surface area (Å²) in [5.41, 5.74) is 2.37. The van der Waals surface area contributed by atoms with Crippen molar-refractivity contribution in [2.24, 2.45) is 11.8 Å². The third-order valence-corrected chi connectivity index (χ3v) is 8.21. The van der Waals surface area contributed by atoms with Gasteiger partial charge in [0.05, 0.1) is 6.61 Å². The van der Waals surface area contributed by atoms with Crippen LogP contribution in [0.4, 0.5) is 0 Å². The molecule has 4 heteroatoms. The highest BCUT2D eigenvalue weighted by Crippen LogP contribution is 2.42. The van der Waals surface area contributed by atoms with E-state index >= 15 is 0 Å². The van der Waals surface area contributed by atoms with Crippen molar-refractivity contribution in [1.29, 1.82) is 0 Å². The summed E-state index contributed by atoms with van der Waals surface area (Å²) in [7, 11) is 0. The van der Waals surface area contributed by atoms with Crippen LogP contribution in [0.1, 0.15) is 74.8 Å². The molecular weight excluding hydrogens is 384 g/mol. The summed E-state index contributed by atoms with van der Waals surface area (Å²) in [6.07, 6.45) is 10.6. The fraction of sp³-hybridized carbons (Fsp3) is 0.667. The number of hydrogen-bond acceptors (Lipinski definition) is 3. The van der Waals surface area contributed by atoms with Crippen LogP contribution in [-0.4, -0.2) is 59.1 Å². The third-order valence-electron chi connectivity index (χ3n) is 8.21. The van der Waals surface area contributed by atoms with Crippen LogP contribution in [0.3, 0.4) is 0 Å². The van der Waals surface area contributed by atoms with Gasteiger partial charge in [-0.3, -0.25) is 9.69 Å². The van der Waals surface area contributed by atoms with Crippen LogP contribution in [0.2, 0.25) is 0 Å². The van der Waals surface area contributed by atoms with E-state index < -0.39 is 0 Å². The second-order valence-electron chi connectivity index (χ2n) is 10.1. The molecule has 0 radical (unpaired) electrons. The number of aliphatic hydroxyl groups excluding tert-OH is 1. The van der Waals surface area contributed by atoms with E-state index in [9.17, 15) is 9.90 Å². The smallest absolute Gasteiger partial charge is 0.225 e. The number of benzene rings is 1. The quantitative estimate of drug-likeness (QED) is 0.757. The molecule has 4 aliphatic rings. The van der Waals surface area contributed by atoms with Crippen LogP contribution in [0.15, 0.2) is 24.3 Å². The van der Waals surface area contributed by atoms with Gasteiger partial charge in [-0.25, -0.2) is 0 Å². The van der Waals surface area contributed by atoms with Crippen LogP contribution in [0.5, 0.6) is 0 Å². The highest BCUT2D eigenvalue weighted by molar-refractivity contribution is 5.79. The highest BCUT2D eigenvalue weighted by Gasteiger charge is 2.49. The van der Waals surface area contributed by atoms with Gasteiger partial charge in [0.15, 0.2) is 0 Å². The molecule has 0 aromatic heterocycles. The first-order valence-corrected chi connectivity index (χ1v) is 12.5. The zero-order chi connectivity index (χ0) is 21.2. The Hall–Kier alpha value is -1.83. The first-order valence-electron chi connectivity index (χ1n) is 12.5. The molecule has 0 spiro atoms. The Balaban J connectivity index is 1.31. The standard InChI is InChI=1S/C27H36N2O2/c30-19-25-26(22-14-12-21(13-15-22)11-10-20-6-1-2-7-20)24-18-28(16-3-4-17-29(24)25)27(31)23-8-5-9-23/h12-15,20,23-26,30H,1-9,16-19H2/t24-,25-,26-/m0/s1. The Kier molecular flexibility index (Phi) is 6.34. The molecule has 1 aromatic rings. The highest BCUT2D eigenvalue weighted by atomic mass is 16.3. The molecule has 2 aliphatic heterocycles. The number of rotatable bonds is 3. The lowest BCUT2D eigenvalue weighted by Gasteiger charge is -2.57. The second kappa shape index (κ2) is 9.35. The van der Waals surface area contributed by atoms with Crippen molar-refractivity contribution in [2.45, 2.75) is 75.8 Å². The van der Waals surface area contributed by atoms with Gasteiger partial charge in [-0.2, -0.15) is 0 Å². The van der Waals surface area contributed by atoms with Crippen molar-refractivity contribution >= 4 is 5.91 Å². The molecule has 1 aromatic carbocycles. The summed E-state index contributed by atoms with van der Waals surface area (Å²) in [5, 5.41) is 10.1. The van der Waals surface area contributed by atoms with Crippen molar-refractivity contribution < 1.29 is 9.90 Å². The first kappa shape index (κ1) is 21.0. The SMILES string of the molecule is O=C(C1CCC1)N1CCCCN2[C@@H](CO)[C@@H](c3ccc(C#CC4CCCC4)cc3)[C@@H]2C1. The summed E-state index contributed by atoms with van der Waals surface area (Å²) in [5.74, 6) is 8.32. The summed E-state index contributed by atoms with van der Waals surface area (Å²) < 4.78 is 0. The number of amides is 1. The van der Waals surface area contributed by atoms with E-state index in [0.717, 1.165) is 50.9 Å². The predicted octanol–water partition coefficient (Wildman–Crippen LogP) is 3.78. The molecule has 2 saturated heterocycles. The average molecular weight is 421 g/mol. The van der Waals surface area contributed by atoms with Crippen LogP contribution < -0.4 is 0 Å². The van der Waals surface area contributed by atoms with Crippen LogP contribution >= 0.6 is 0 Å². The number of fused-ring (bicyclic) bond motifs is 1. The maximum absolute atomic E-state index is 13.0. The number of nitrogens with zero attached hydrogens (tertiary/aromatic N) is 2. The van der Waals surface area contributed by atoms with E-state index in [2.05, 4.69) is 45.9 Å². The van der Waals surface area contributed by atoms with E-state index in [1.807, 2.05) is 0 Å². The normalized spacial score (nSPS) is 29.7. The van der Waals surface area contributed by atoms with E-state index in [1.165, 1.54) is 37.7 Å². The molecule has 0 unspecified atom stereocenters. The largest absolute Gasteiger partial charge is 0.395 e. The molecular formula is C27H36N2O2. The van der Waals surface area contributed by atoms with Crippen LogP contribution in [0.25, 0.3) is 0 Å². The van der Waals surface area contributed by atoms with Gasteiger partial charge in [0, 0.05) is 48.5 Å². The molecule has 1 N–H and O–H groups in total. The van der Waals surface area contributed by atoms with Crippen molar-refractivity contribution in [3.05, 3.63) is 35.4 Å². The van der Waals surface area contributed by atoms with Gasteiger partial charge in [0.1, 0.15) is 0 Å². The predicted molar refractivity (Wildman–Crippen MR) is 123 cm³/mol. The van der Waals surface area contributed by atoms with Crippen LogP contribution in [-0.2, 0) is 4.79 Å². The fourth-order valence-corrected chi connectivity index (χ4v) is 6.10. The van der Waals surface area contributed by atoms with Gasteiger partial charge in [0.2, 0.25) is 5.91 Å². The lowest BCUT2D eigenvalue weighted by atomic mass is 9.74. The zero-order valence-electron chi connectivity index (χ0n) is 18.6. The van der Waals surface area contributed by atoms with E-state index in [4.69, 9.17) is 0 Å². The van der Waals surface area contributed by atoms with Crippen molar-refractivity contribution in [2.75, 3.05) is 26.2 Å². The molecule has 0 bridgehead atoms. The van der Waals surface area contributed by atoms with Gasteiger partial charge in [-0.15, -0.1) is 0 Å². The fourth-order valence-electron chi connectivity index (χ4n) is 6.10. The van der Waals surface area contributed by atoms with Crippen molar-refractivity contribution in [3.8, 4) is 11.8 Å². The van der Waals surface area contributed by atoms with Crippen molar-refractivity contribution in [3.63, 3.8) is 0 Å². The molecule has 5 rings (SSSR count). The third kappa shape index (κ3) is 4.28. The number of carbonyl (C=O) groups excluding carboxylic acids is 1. The Morgan fingerprint density at radius 1 is 0.968 bits per heavy atom. The Morgan fingerprint density at radius 3 is 2.39 bits per heavy atom. The number of aliphatic hydroxyl groups is 1. The maximum atomic E-state index is 13.0. The van der Waals surface area contributed by atoms with E-state index in [1.54, 1.807) is 0 Å². The lowest BCUT2D eigenvalue weighted by Crippen LogP contribution is -2.68. The minimum atomic E-state index is 0.166. The molecule has 1 amide bonds. The monoisotopic (exact) mass is 420 g/mol. The molecule has 2 saturated carbocycles. The second-order valence-corrected chi connectivity index (χ2v) is 10.1. The van der Waals surface area contributed by atoms with E-state index in [0.29, 0.717) is 17.9 Å². The minimum absolute atomic E-state index is 0.166. The van der Waals surface area contributed by atoms with Crippen LogP contribution in [0, 0.1) is 23.7 Å². The summed E-state index contributed by atoms with van der Waals surface area (Å²) in [6.45, 7) is 2.91. The molecule has 4 nitrogen and oxygen atoms in total. The minimum Gasteiger partial charge on any atom is -0.395 e. The Labute approximate surface area is 187 Å². The van der Waals surface area contributed by atoms with E-state index in [-0.39, 0.29) is 24.5 Å². The molecule has 4 fully saturated rings. The first-order chi connectivity index (χ1) is 15.2. The van der Waals surface area contributed by atoms with Gasteiger partial charge in [-0.05, 0) is 62.8 Å². The van der Waals surface area contributed by atoms with Gasteiger partial charge in [-0.1, -0.05) is 43.2 Å². The summed E-state index contributed by atoms with van der Waals surface area (Å²) >= 11 is 0. The molecule has 2 heterocycles. The Morgan fingerprint density at radius 2 is 1.71 bits per heavy atom. The molecule has 166 valence electrons. The van der Waals surface area contributed by atoms with Gasteiger partial charge >= 0.3 is 0 Å². The number of hydrogen-bond donors (Lipinski definition) is 1. The molecule has 3 atom stereocenters. The van der Waals surface area contributed by atoms with Gasteiger partial charge in [0.25, 0.3) is 0 Å². The van der Waals surface area contributed by atoms with Gasteiger partial charge < -0.3 is 10.0 Å². The topological polar surface area (TPSA) is 43.8 Å². The lowest BCUT2D eigenvalue weighted by molar-refractivity contribution is -0.143.